The SMILES string of the molecule is CC(=O)NC[C@H]1CN(c2ccc(N3CCN(c4ccc(F)cc4)CC3)c(F)c2)C(=O)O1. The van der Waals surface area contributed by atoms with E-state index in [-0.39, 0.29) is 24.8 Å². The van der Waals surface area contributed by atoms with Crippen LogP contribution in [0.4, 0.5) is 30.6 Å². The summed E-state index contributed by atoms with van der Waals surface area (Å²) in [5.41, 5.74) is 1.84. The highest BCUT2D eigenvalue weighted by atomic mass is 19.1. The predicted molar refractivity (Wildman–Crippen MR) is 114 cm³/mol. The molecular formula is C22H24F2N4O3. The highest BCUT2D eigenvalue weighted by Gasteiger charge is 2.33. The number of carbonyl (C=O) groups excluding carboxylic acids is 2. The number of benzene rings is 2. The van der Waals surface area contributed by atoms with E-state index in [1.807, 2.05) is 4.90 Å². The molecule has 31 heavy (non-hydrogen) atoms. The molecular weight excluding hydrogens is 406 g/mol. The first-order valence-electron chi connectivity index (χ1n) is 10.2. The molecule has 0 bridgehead atoms. The quantitative estimate of drug-likeness (QED) is 0.790. The lowest BCUT2D eigenvalue weighted by Crippen LogP contribution is -2.46. The summed E-state index contributed by atoms with van der Waals surface area (Å²) in [5.74, 6) is -0.886. The zero-order valence-electron chi connectivity index (χ0n) is 17.2. The van der Waals surface area contributed by atoms with Gasteiger partial charge in [-0.3, -0.25) is 9.69 Å². The fraction of sp³-hybridized carbons (Fsp3) is 0.364. The summed E-state index contributed by atoms with van der Waals surface area (Å²) in [6.45, 7) is 4.48. The van der Waals surface area contributed by atoms with Gasteiger partial charge < -0.3 is 19.9 Å². The van der Waals surface area contributed by atoms with Gasteiger partial charge in [0.05, 0.1) is 24.5 Å². The lowest BCUT2D eigenvalue weighted by Gasteiger charge is -2.37. The van der Waals surface area contributed by atoms with E-state index in [0.29, 0.717) is 37.6 Å². The Morgan fingerprint density at radius 2 is 1.68 bits per heavy atom. The lowest BCUT2D eigenvalue weighted by molar-refractivity contribution is -0.119. The minimum absolute atomic E-state index is 0.204. The summed E-state index contributed by atoms with van der Waals surface area (Å²) in [7, 11) is 0. The van der Waals surface area contributed by atoms with E-state index >= 15 is 0 Å². The Hall–Kier alpha value is -3.36. The number of ether oxygens (including phenoxy) is 1. The minimum Gasteiger partial charge on any atom is -0.442 e. The Kier molecular flexibility index (Phi) is 5.92. The van der Waals surface area contributed by atoms with Gasteiger partial charge in [-0.2, -0.15) is 0 Å². The molecule has 4 rings (SSSR count). The van der Waals surface area contributed by atoms with E-state index in [0.717, 1.165) is 5.69 Å². The van der Waals surface area contributed by atoms with E-state index in [9.17, 15) is 18.4 Å². The van der Waals surface area contributed by atoms with Crippen molar-refractivity contribution in [3.05, 3.63) is 54.1 Å². The standard InChI is InChI=1S/C22H24F2N4O3/c1-15(29)25-13-19-14-28(22(30)31-19)18-6-7-21(20(24)12-18)27-10-8-26(9-11-27)17-4-2-16(23)3-5-17/h2-7,12,19H,8-11,13-14H2,1H3,(H,25,29)/t19-/m0/s1. The second-order valence-corrected chi connectivity index (χ2v) is 7.64. The number of hydrogen-bond donors (Lipinski definition) is 1. The second-order valence-electron chi connectivity index (χ2n) is 7.64. The summed E-state index contributed by atoms with van der Waals surface area (Å²) in [5, 5.41) is 2.62. The molecule has 1 atom stereocenters. The molecule has 9 heteroatoms. The number of hydrogen-bond acceptors (Lipinski definition) is 5. The highest BCUT2D eigenvalue weighted by molar-refractivity contribution is 5.90. The topological polar surface area (TPSA) is 65.1 Å². The van der Waals surface area contributed by atoms with Crippen LogP contribution in [0.15, 0.2) is 42.5 Å². The van der Waals surface area contributed by atoms with E-state index in [1.54, 1.807) is 24.3 Å². The van der Waals surface area contributed by atoms with Gasteiger partial charge in [-0.05, 0) is 42.5 Å². The van der Waals surface area contributed by atoms with Crippen LogP contribution in [0.3, 0.4) is 0 Å². The van der Waals surface area contributed by atoms with E-state index < -0.39 is 18.0 Å². The Morgan fingerprint density at radius 3 is 2.32 bits per heavy atom. The maximum absolute atomic E-state index is 14.9. The van der Waals surface area contributed by atoms with Crippen LogP contribution in [-0.2, 0) is 9.53 Å². The summed E-state index contributed by atoms with van der Waals surface area (Å²) in [4.78, 5) is 28.7. The summed E-state index contributed by atoms with van der Waals surface area (Å²) < 4.78 is 33.3. The Balaban J connectivity index is 1.38. The van der Waals surface area contributed by atoms with Gasteiger partial charge in [0.15, 0.2) is 0 Å². The molecule has 0 radical (unpaired) electrons. The average molecular weight is 430 g/mol. The number of cyclic esters (lactones) is 1. The predicted octanol–water partition coefficient (Wildman–Crippen LogP) is 2.75. The molecule has 1 N–H and O–H groups in total. The normalized spacial score (nSPS) is 18.9. The van der Waals surface area contributed by atoms with Crippen LogP contribution < -0.4 is 20.0 Å². The van der Waals surface area contributed by atoms with E-state index in [1.165, 1.54) is 30.0 Å². The van der Waals surface area contributed by atoms with Crippen LogP contribution in [0, 0.1) is 11.6 Å². The van der Waals surface area contributed by atoms with Crippen LogP contribution in [-0.4, -0.2) is 57.4 Å². The van der Waals surface area contributed by atoms with Crippen molar-refractivity contribution >= 4 is 29.1 Å². The fourth-order valence-corrected chi connectivity index (χ4v) is 3.87. The van der Waals surface area contributed by atoms with Gasteiger partial charge in [0.2, 0.25) is 5.91 Å². The van der Waals surface area contributed by atoms with Crippen molar-refractivity contribution in [2.24, 2.45) is 0 Å². The smallest absolute Gasteiger partial charge is 0.414 e. The zero-order valence-corrected chi connectivity index (χ0v) is 17.2. The molecule has 2 aromatic rings. The highest BCUT2D eigenvalue weighted by Crippen LogP contribution is 2.29. The number of carbonyl (C=O) groups is 2. The Bertz CT molecular complexity index is 962. The van der Waals surface area contributed by atoms with Crippen molar-refractivity contribution in [2.75, 3.05) is 54.0 Å². The van der Waals surface area contributed by atoms with Crippen LogP contribution in [0.2, 0.25) is 0 Å². The fourth-order valence-electron chi connectivity index (χ4n) is 3.87. The number of halogens is 2. The van der Waals surface area contributed by atoms with Gasteiger partial charge in [0.1, 0.15) is 17.7 Å². The Labute approximate surface area is 179 Å². The first kappa shape index (κ1) is 20.9. The largest absolute Gasteiger partial charge is 0.442 e. The third-order valence-electron chi connectivity index (χ3n) is 5.51. The van der Waals surface area contributed by atoms with Gasteiger partial charge in [0, 0.05) is 38.8 Å². The molecule has 0 saturated carbocycles. The molecule has 2 aliphatic rings. The molecule has 0 spiro atoms. The number of amides is 2. The van der Waals surface area contributed by atoms with Gasteiger partial charge >= 0.3 is 6.09 Å². The van der Waals surface area contributed by atoms with Crippen molar-refractivity contribution in [1.82, 2.24) is 5.32 Å². The van der Waals surface area contributed by atoms with Gasteiger partial charge in [-0.15, -0.1) is 0 Å². The van der Waals surface area contributed by atoms with Crippen molar-refractivity contribution in [1.29, 1.82) is 0 Å². The molecule has 2 aliphatic heterocycles. The van der Waals surface area contributed by atoms with Gasteiger partial charge in [-0.25, -0.2) is 13.6 Å². The van der Waals surface area contributed by atoms with Crippen molar-refractivity contribution in [3.63, 3.8) is 0 Å². The first-order chi connectivity index (χ1) is 14.9. The molecule has 0 aliphatic carbocycles. The molecule has 2 aromatic carbocycles. The molecule has 2 amide bonds. The summed E-state index contributed by atoms with van der Waals surface area (Å²) in [6, 6.07) is 11.1. The molecule has 2 heterocycles. The molecule has 0 aromatic heterocycles. The molecule has 7 nitrogen and oxygen atoms in total. The number of rotatable bonds is 5. The first-order valence-corrected chi connectivity index (χ1v) is 10.2. The van der Waals surface area contributed by atoms with Crippen LogP contribution >= 0.6 is 0 Å². The summed E-state index contributed by atoms with van der Waals surface area (Å²) in [6.07, 6.45) is -1.03. The van der Waals surface area contributed by atoms with E-state index in [4.69, 9.17) is 4.74 Å². The van der Waals surface area contributed by atoms with Crippen molar-refractivity contribution in [2.45, 2.75) is 13.0 Å². The van der Waals surface area contributed by atoms with Gasteiger partial charge in [0.25, 0.3) is 0 Å². The molecule has 0 unspecified atom stereocenters. The van der Waals surface area contributed by atoms with Crippen LogP contribution in [0.25, 0.3) is 0 Å². The minimum atomic E-state index is -0.560. The number of nitrogens with zero attached hydrogens (tertiary/aromatic N) is 3. The Morgan fingerprint density at radius 1 is 1.03 bits per heavy atom. The van der Waals surface area contributed by atoms with Crippen molar-refractivity contribution < 1.29 is 23.1 Å². The average Bonchev–Trinajstić information content (AvgIpc) is 3.13. The van der Waals surface area contributed by atoms with Crippen LogP contribution in [0.1, 0.15) is 6.92 Å². The molecule has 164 valence electrons. The molecule has 2 fully saturated rings. The maximum atomic E-state index is 14.9. The number of piperazine rings is 1. The zero-order chi connectivity index (χ0) is 22.0. The van der Waals surface area contributed by atoms with Crippen LogP contribution in [0.5, 0.6) is 0 Å². The summed E-state index contributed by atoms with van der Waals surface area (Å²) >= 11 is 0. The monoisotopic (exact) mass is 430 g/mol. The van der Waals surface area contributed by atoms with E-state index in [2.05, 4.69) is 10.2 Å². The third kappa shape index (κ3) is 4.70. The van der Waals surface area contributed by atoms with Gasteiger partial charge in [-0.1, -0.05) is 0 Å². The third-order valence-corrected chi connectivity index (χ3v) is 5.51. The second kappa shape index (κ2) is 8.79. The maximum Gasteiger partial charge on any atom is 0.414 e. The number of anilines is 3. The van der Waals surface area contributed by atoms with Crippen molar-refractivity contribution in [3.8, 4) is 0 Å². The number of nitrogens with one attached hydrogen (secondary N) is 1. The molecule has 2 saturated heterocycles. The lowest BCUT2D eigenvalue weighted by atomic mass is 10.2.